The van der Waals surface area contributed by atoms with Crippen LogP contribution >= 0.6 is 0 Å². The number of ether oxygens (including phenoxy) is 2. The zero-order valence-corrected chi connectivity index (χ0v) is 11.2. The predicted octanol–water partition coefficient (Wildman–Crippen LogP) is 1.17. The van der Waals surface area contributed by atoms with E-state index in [4.69, 9.17) is 9.47 Å². The Hall–Kier alpha value is -1.88. The second kappa shape index (κ2) is 5.01. The third-order valence-corrected chi connectivity index (χ3v) is 3.25. The molecular weight excluding hydrogens is 246 g/mol. The predicted molar refractivity (Wildman–Crippen MR) is 69.3 cm³/mol. The van der Waals surface area contributed by atoms with E-state index in [0.29, 0.717) is 17.9 Å². The topological polar surface area (TPSA) is 74.5 Å². The number of benzene rings is 1. The molecule has 1 aromatic carbocycles. The standard InChI is InChI=1S/C14H17NO4/c1-4-19-13(17)14(2)12(15-14)11(16)9-6-5-7-10(8-9)18-3/h5-8,12,15H,4H2,1-3H3. The second-order valence-electron chi connectivity index (χ2n) is 4.60. The fraction of sp³-hybridized carbons (Fsp3) is 0.429. The number of carbonyl (C=O) groups excluding carboxylic acids is 2. The Kier molecular flexibility index (Phi) is 3.57. The van der Waals surface area contributed by atoms with Gasteiger partial charge in [-0.1, -0.05) is 12.1 Å². The highest BCUT2D eigenvalue weighted by Crippen LogP contribution is 2.31. The minimum Gasteiger partial charge on any atom is -0.497 e. The van der Waals surface area contributed by atoms with Gasteiger partial charge in [-0.05, 0) is 26.0 Å². The molecule has 0 aromatic heterocycles. The van der Waals surface area contributed by atoms with Gasteiger partial charge in [0.1, 0.15) is 17.3 Å². The van der Waals surface area contributed by atoms with Gasteiger partial charge < -0.3 is 9.47 Å². The molecule has 2 rings (SSSR count). The molecule has 0 bridgehead atoms. The number of ketones is 1. The van der Waals surface area contributed by atoms with Gasteiger partial charge in [-0.2, -0.15) is 0 Å². The summed E-state index contributed by atoms with van der Waals surface area (Å²) in [7, 11) is 1.54. The smallest absolute Gasteiger partial charge is 0.328 e. The number of esters is 1. The van der Waals surface area contributed by atoms with Crippen LogP contribution in [0.15, 0.2) is 24.3 Å². The molecule has 0 aliphatic carbocycles. The SMILES string of the molecule is CCOC(=O)C1(C)NC1C(=O)c1cccc(OC)c1. The summed E-state index contributed by atoms with van der Waals surface area (Å²) in [6.45, 7) is 3.71. The first-order valence-corrected chi connectivity index (χ1v) is 6.16. The molecule has 0 amide bonds. The van der Waals surface area contributed by atoms with Gasteiger partial charge in [-0.3, -0.25) is 10.1 Å². The summed E-state index contributed by atoms with van der Waals surface area (Å²) in [5.74, 6) is 0.0926. The maximum atomic E-state index is 12.3. The Bertz CT molecular complexity index is 514. The van der Waals surface area contributed by atoms with Gasteiger partial charge in [0.25, 0.3) is 0 Å². The Morgan fingerprint density at radius 3 is 2.79 bits per heavy atom. The van der Waals surface area contributed by atoms with Gasteiger partial charge >= 0.3 is 5.97 Å². The first-order valence-electron chi connectivity index (χ1n) is 6.16. The van der Waals surface area contributed by atoms with E-state index in [9.17, 15) is 9.59 Å². The van der Waals surface area contributed by atoms with Crippen molar-refractivity contribution in [2.24, 2.45) is 0 Å². The van der Waals surface area contributed by atoms with Gasteiger partial charge in [0.05, 0.1) is 13.7 Å². The quantitative estimate of drug-likeness (QED) is 0.490. The van der Waals surface area contributed by atoms with Crippen molar-refractivity contribution in [3.05, 3.63) is 29.8 Å². The Balaban J connectivity index is 2.12. The maximum absolute atomic E-state index is 12.3. The van der Waals surface area contributed by atoms with Gasteiger partial charge in [0.15, 0.2) is 5.78 Å². The molecule has 1 saturated heterocycles. The van der Waals surface area contributed by atoms with Crippen LogP contribution in [-0.2, 0) is 9.53 Å². The van der Waals surface area contributed by atoms with Crippen molar-refractivity contribution >= 4 is 11.8 Å². The number of rotatable bonds is 5. The number of nitrogens with one attached hydrogen (secondary N) is 1. The Labute approximate surface area is 111 Å². The van der Waals surface area contributed by atoms with E-state index < -0.39 is 17.6 Å². The van der Waals surface area contributed by atoms with Crippen LogP contribution in [0.3, 0.4) is 0 Å². The van der Waals surface area contributed by atoms with E-state index in [1.165, 1.54) is 0 Å². The first kappa shape index (κ1) is 13.5. The number of hydrogen-bond donors (Lipinski definition) is 1. The summed E-state index contributed by atoms with van der Waals surface area (Å²) >= 11 is 0. The summed E-state index contributed by atoms with van der Waals surface area (Å²) < 4.78 is 10.0. The lowest BCUT2D eigenvalue weighted by Crippen LogP contribution is -2.30. The fourth-order valence-corrected chi connectivity index (χ4v) is 1.99. The highest BCUT2D eigenvalue weighted by Gasteiger charge is 2.60. The molecule has 1 aromatic rings. The van der Waals surface area contributed by atoms with Crippen LogP contribution in [0, 0.1) is 0 Å². The number of carbonyl (C=O) groups is 2. The second-order valence-corrected chi connectivity index (χ2v) is 4.60. The van der Waals surface area contributed by atoms with Crippen molar-refractivity contribution in [2.45, 2.75) is 25.4 Å². The van der Waals surface area contributed by atoms with Gasteiger partial charge in [-0.25, -0.2) is 4.79 Å². The average Bonchev–Trinajstić information content (AvgIpc) is 3.12. The molecule has 1 fully saturated rings. The molecule has 5 nitrogen and oxygen atoms in total. The summed E-state index contributed by atoms with van der Waals surface area (Å²) in [4.78, 5) is 24.0. The third kappa shape index (κ3) is 2.46. The van der Waals surface area contributed by atoms with E-state index in [1.54, 1.807) is 45.2 Å². The number of hydrogen-bond acceptors (Lipinski definition) is 5. The van der Waals surface area contributed by atoms with Crippen LogP contribution in [0.25, 0.3) is 0 Å². The van der Waals surface area contributed by atoms with E-state index >= 15 is 0 Å². The third-order valence-electron chi connectivity index (χ3n) is 3.25. The highest BCUT2D eigenvalue weighted by atomic mass is 16.5. The summed E-state index contributed by atoms with van der Waals surface area (Å²) in [6, 6.07) is 6.35. The molecule has 0 saturated carbocycles. The molecule has 0 radical (unpaired) electrons. The number of methoxy groups -OCH3 is 1. The lowest BCUT2D eigenvalue weighted by atomic mass is 10.00. The Morgan fingerprint density at radius 1 is 1.42 bits per heavy atom. The van der Waals surface area contributed by atoms with Crippen molar-refractivity contribution in [1.29, 1.82) is 0 Å². The molecule has 1 heterocycles. The van der Waals surface area contributed by atoms with E-state index in [2.05, 4.69) is 5.32 Å². The molecule has 2 atom stereocenters. The van der Waals surface area contributed by atoms with Gasteiger partial charge in [0, 0.05) is 5.56 Å². The van der Waals surface area contributed by atoms with Crippen molar-refractivity contribution < 1.29 is 19.1 Å². The highest BCUT2D eigenvalue weighted by molar-refractivity contribution is 6.08. The monoisotopic (exact) mass is 263 g/mol. The molecule has 1 aliphatic rings. The lowest BCUT2D eigenvalue weighted by molar-refractivity contribution is -0.145. The molecular formula is C14H17NO4. The van der Waals surface area contributed by atoms with Gasteiger partial charge in [0.2, 0.25) is 0 Å². The minimum atomic E-state index is -0.907. The maximum Gasteiger partial charge on any atom is 0.328 e. The minimum absolute atomic E-state index is 0.130. The molecule has 0 spiro atoms. The lowest BCUT2D eigenvalue weighted by Gasteiger charge is -2.07. The normalized spacial score (nSPS) is 24.7. The molecule has 5 heteroatoms. The van der Waals surface area contributed by atoms with E-state index in [-0.39, 0.29) is 5.78 Å². The van der Waals surface area contributed by atoms with Crippen LogP contribution in [-0.4, -0.2) is 37.0 Å². The molecule has 1 N–H and O–H groups in total. The zero-order valence-electron chi connectivity index (χ0n) is 11.2. The molecule has 1 aliphatic heterocycles. The first-order chi connectivity index (χ1) is 9.02. The van der Waals surface area contributed by atoms with Crippen molar-refractivity contribution in [1.82, 2.24) is 5.32 Å². The van der Waals surface area contributed by atoms with Crippen molar-refractivity contribution in [3.8, 4) is 5.75 Å². The van der Waals surface area contributed by atoms with Crippen LogP contribution in [0.5, 0.6) is 5.75 Å². The van der Waals surface area contributed by atoms with Crippen molar-refractivity contribution in [2.75, 3.05) is 13.7 Å². The largest absolute Gasteiger partial charge is 0.497 e. The summed E-state index contributed by atoms with van der Waals surface area (Å²) in [5.41, 5.74) is -0.388. The fourth-order valence-electron chi connectivity index (χ4n) is 1.99. The van der Waals surface area contributed by atoms with E-state index in [0.717, 1.165) is 0 Å². The molecule has 2 unspecified atom stereocenters. The Morgan fingerprint density at radius 2 is 2.16 bits per heavy atom. The van der Waals surface area contributed by atoms with Gasteiger partial charge in [-0.15, -0.1) is 0 Å². The summed E-state index contributed by atoms with van der Waals surface area (Å²) in [5, 5.41) is 2.90. The average molecular weight is 263 g/mol. The molecule has 19 heavy (non-hydrogen) atoms. The summed E-state index contributed by atoms with van der Waals surface area (Å²) in [6.07, 6.45) is 0. The van der Waals surface area contributed by atoms with Crippen molar-refractivity contribution in [3.63, 3.8) is 0 Å². The van der Waals surface area contributed by atoms with E-state index in [1.807, 2.05) is 0 Å². The van der Waals surface area contributed by atoms with Crippen LogP contribution in [0.1, 0.15) is 24.2 Å². The van der Waals surface area contributed by atoms with Crippen LogP contribution in [0.4, 0.5) is 0 Å². The van der Waals surface area contributed by atoms with Crippen LogP contribution in [0.2, 0.25) is 0 Å². The number of Topliss-reactive ketones (excluding diaryl/α,β-unsaturated/α-hetero) is 1. The molecule has 102 valence electrons. The zero-order chi connectivity index (χ0) is 14.0. The van der Waals surface area contributed by atoms with Crippen LogP contribution < -0.4 is 10.1 Å².